The normalized spacial score (nSPS) is 27.4. The highest BCUT2D eigenvalue weighted by Crippen LogP contribution is 2.33. The topological polar surface area (TPSA) is 94.3 Å². The molecule has 0 bridgehead atoms. The molecule has 3 heterocycles. The van der Waals surface area contributed by atoms with Crippen LogP contribution in [0.2, 0.25) is 0 Å². The van der Waals surface area contributed by atoms with Gasteiger partial charge in [0.05, 0.1) is 31.1 Å². The lowest BCUT2D eigenvalue weighted by atomic mass is 10.0. The zero-order valence-corrected chi connectivity index (χ0v) is 17.5. The van der Waals surface area contributed by atoms with Crippen LogP contribution in [0.3, 0.4) is 0 Å². The zero-order chi connectivity index (χ0) is 22.4. The summed E-state index contributed by atoms with van der Waals surface area (Å²) in [6.07, 6.45) is -0.169. The number of hydrogen-bond donors (Lipinski definition) is 1. The number of nitrogens with zero attached hydrogens (tertiary/aromatic N) is 2. The third kappa shape index (κ3) is 6.90. The smallest absolute Gasteiger partial charge is 0.475 e. The van der Waals surface area contributed by atoms with Crippen LogP contribution >= 0.6 is 0 Å². The summed E-state index contributed by atoms with van der Waals surface area (Å²) in [5.74, 6) is -1.23. The highest BCUT2D eigenvalue weighted by molar-refractivity contribution is 5.73. The molecule has 1 aliphatic carbocycles. The maximum absolute atomic E-state index is 10.6. The molecule has 1 N–H and O–H groups in total. The van der Waals surface area contributed by atoms with Gasteiger partial charge in [-0.05, 0) is 38.5 Å². The quantitative estimate of drug-likeness (QED) is 0.732. The highest BCUT2D eigenvalue weighted by atomic mass is 19.4. The third-order valence-electron chi connectivity index (χ3n) is 5.82. The molecule has 0 unspecified atom stereocenters. The van der Waals surface area contributed by atoms with Gasteiger partial charge >= 0.3 is 12.1 Å². The lowest BCUT2D eigenvalue weighted by molar-refractivity contribution is -0.192. The number of halogens is 3. The number of rotatable bonds is 5. The number of alkyl halides is 3. The number of carboxylic acid groups (broad SMARTS) is 1. The fourth-order valence-corrected chi connectivity index (χ4v) is 4.24. The van der Waals surface area contributed by atoms with E-state index in [9.17, 15) is 13.2 Å². The van der Waals surface area contributed by atoms with Crippen LogP contribution in [0.25, 0.3) is 0 Å². The fourth-order valence-electron chi connectivity index (χ4n) is 4.24. The molecule has 0 amide bonds. The predicted molar refractivity (Wildman–Crippen MR) is 101 cm³/mol. The Balaban J connectivity index is 0.000000339. The molecular formula is C20H29F3N2O6. The molecule has 8 nitrogen and oxygen atoms in total. The Bertz CT molecular complexity index is 707. The van der Waals surface area contributed by atoms with Gasteiger partial charge in [0.2, 0.25) is 0 Å². The van der Waals surface area contributed by atoms with Gasteiger partial charge in [0.15, 0.2) is 0 Å². The minimum Gasteiger partial charge on any atom is -0.475 e. The first kappa shape index (κ1) is 24.0. The van der Waals surface area contributed by atoms with E-state index in [1.807, 2.05) is 13.0 Å². The summed E-state index contributed by atoms with van der Waals surface area (Å²) in [5.41, 5.74) is 1.01. The van der Waals surface area contributed by atoms with Crippen molar-refractivity contribution in [1.82, 2.24) is 10.1 Å². The van der Waals surface area contributed by atoms with Crippen molar-refractivity contribution in [2.45, 2.75) is 63.6 Å². The maximum Gasteiger partial charge on any atom is 0.490 e. The Morgan fingerprint density at radius 2 is 1.97 bits per heavy atom. The molecule has 1 saturated carbocycles. The van der Waals surface area contributed by atoms with Crippen LogP contribution in [0.15, 0.2) is 10.6 Å². The molecule has 31 heavy (non-hydrogen) atoms. The van der Waals surface area contributed by atoms with Crippen molar-refractivity contribution in [3.8, 4) is 0 Å². The number of hydrogen-bond acceptors (Lipinski definition) is 7. The standard InChI is InChI=1S/C18H28N2O4.C2HF3O2/c1-13-10-15(19-24-13)11-20-6-9-22-18-16(20)2-3-17(18)23-12-14-4-7-21-8-5-14;3-2(4,5)1(6)7/h10,14,16-18H,2-9,11-12H2,1H3;(H,6,7)/t16-,17+,18+;/m0./s1. The summed E-state index contributed by atoms with van der Waals surface area (Å²) >= 11 is 0. The lowest BCUT2D eigenvalue weighted by Gasteiger charge is -2.38. The molecule has 4 rings (SSSR count). The van der Waals surface area contributed by atoms with Gasteiger partial charge in [-0.3, -0.25) is 4.90 Å². The molecule has 3 fully saturated rings. The van der Waals surface area contributed by atoms with Crippen molar-refractivity contribution in [3.05, 3.63) is 17.5 Å². The second kappa shape index (κ2) is 10.8. The number of carboxylic acids is 1. The van der Waals surface area contributed by atoms with E-state index in [0.29, 0.717) is 12.0 Å². The number of aromatic nitrogens is 1. The molecule has 1 aromatic rings. The molecule has 11 heteroatoms. The van der Waals surface area contributed by atoms with E-state index in [0.717, 1.165) is 76.7 Å². The molecular weight excluding hydrogens is 421 g/mol. The molecule has 0 aromatic carbocycles. The van der Waals surface area contributed by atoms with Gasteiger partial charge in [-0.1, -0.05) is 5.16 Å². The third-order valence-corrected chi connectivity index (χ3v) is 5.82. The number of aryl methyl sites for hydroxylation is 1. The van der Waals surface area contributed by atoms with Crippen LogP contribution in [0.1, 0.15) is 37.1 Å². The van der Waals surface area contributed by atoms with Crippen molar-refractivity contribution in [2.24, 2.45) is 5.92 Å². The van der Waals surface area contributed by atoms with Crippen molar-refractivity contribution in [3.63, 3.8) is 0 Å². The summed E-state index contributed by atoms with van der Waals surface area (Å²) in [6.45, 7) is 7.12. The molecule has 0 spiro atoms. The second-order valence-electron chi connectivity index (χ2n) is 8.11. The predicted octanol–water partition coefficient (Wildman–Crippen LogP) is 2.79. The van der Waals surface area contributed by atoms with E-state index in [2.05, 4.69) is 10.1 Å². The van der Waals surface area contributed by atoms with Crippen molar-refractivity contribution >= 4 is 5.97 Å². The molecule has 3 aliphatic rings. The van der Waals surface area contributed by atoms with Crippen molar-refractivity contribution < 1.29 is 41.8 Å². The van der Waals surface area contributed by atoms with E-state index < -0.39 is 12.1 Å². The largest absolute Gasteiger partial charge is 0.490 e. The first-order valence-corrected chi connectivity index (χ1v) is 10.5. The van der Waals surface area contributed by atoms with Gasteiger partial charge in [-0.2, -0.15) is 13.2 Å². The fraction of sp³-hybridized carbons (Fsp3) is 0.800. The number of ether oxygens (including phenoxy) is 3. The Hall–Kier alpha value is -1.69. The first-order chi connectivity index (χ1) is 14.7. The Kier molecular flexibility index (Phi) is 8.31. The monoisotopic (exact) mass is 450 g/mol. The molecule has 2 saturated heterocycles. The Morgan fingerprint density at radius 1 is 1.26 bits per heavy atom. The summed E-state index contributed by atoms with van der Waals surface area (Å²) in [7, 11) is 0. The summed E-state index contributed by atoms with van der Waals surface area (Å²) in [6, 6.07) is 2.47. The van der Waals surface area contributed by atoms with Crippen LogP contribution in [0, 0.1) is 12.8 Å². The number of morpholine rings is 1. The zero-order valence-electron chi connectivity index (χ0n) is 17.5. The molecule has 176 valence electrons. The SMILES string of the molecule is Cc1cc(CN2CCO[C@H]3[C@H](OCC4CCOCC4)CC[C@@H]32)no1.O=C(O)C(F)(F)F. The Labute approximate surface area is 178 Å². The van der Waals surface area contributed by atoms with E-state index in [1.165, 1.54) is 0 Å². The molecule has 2 aliphatic heterocycles. The minimum absolute atomic E-state index is 0.201. The number of aliphatic carboxylic acids is 1. The number of carbonyl (C=O) groups is 1. The van der Waals surface area contributed by atoms with Crippen LogP contribution < -0.4 is 0 Å². The van der Waals surface area contributed by atoms with Gasteiger partial charge in [0.25, 0.3) is 0 Å². The van der Waals surface area contributed by atoms with Crippen molar-refractivity contribution in [2.75, 3.05) is 33.0 Å². The van der Waals surface area contributed by atoms with Crippen LogP contribution in [0.5, 0.6) is 0 Å². The van der Waals surface area contributed by atoms with Gasteiger partial charge in [0, 0.05) is 38.4 Å². The first-order valence-electron chi connectivity index (χ1n) is 10.5. The van der Waals surface area contributed by atoms with E-state index in [4.69, 9.17) is 28.6 Å². The van der Waals surface area contributed by atoms with Crippen LogP contribution in [0.4, 0.5) is 13.2 Å². The van der Waals surface area contributed by atoms with Gasteiger partial charge in [-0.15, -0.1) is 0 Å². The van der Waals surface area contributed by atoms with Gasteiger partial charge in [0.1, 0.15) is 5.76 Å². The summed E-state index contributed by atoms with van der Waals surface area (Å²) < 4.78 is 54.7. The van der Waals surface area contributed by atoms with Gasteiger partial charge < -0.3 is 23.8 Å². The number of fused-ring (bicyclic) bond motifs is 1. The molecule has 1 aromatic heterocycles. The summed E-state index contributed by atoms with van der Waals surface area (Å²) in [5, 5.41) is 11.3. The average molecular weight is 450 g/mol. The van der Waals surface area contributed by atoms with E-state index in [1.54, 1.807) is 0 Å². The molecule has 0 radical (unpaired) electrons. The average Bonchev–Trinajstić information content (AvgIpc) is 3.33. The minimum atomic E-state index is -5.08. The second-order valence-corrected chi connectivity index (χ2v) is 8.11. The van der Waals surface area contributed by atoms with E-state index >= 15 is 0 Å². The lowest BCUT2D eigenvalue weighted by Crippen LogP contribution is -2.51. The van der Waals surface area contributed by atoms with E-state index in [-0.39, 0.29) is 12.2 Å². The molecule has 3 atom stereocenters. The maximum atomic E-state index is 10.6. The highest BCUT2D eigenvalue weighted by Gasteiger charge is 2.43. The van der Waals surface area contributed by atoms with Crippen LogP contribution in [-0.2, 0) is 25.5 Å². The Morgan fingerprint density at radius 3 is 2.58 bits per heavy atom. The van der Waals surface area contributed by atoms with Gasteiger partial charge in [-0.25, -0.2) is 4.79 Å². The van der Waals surface area contributed by atoms with Crippen molar-refractivity contribution in [1.29, 1.82) is 0 Å². The van der Waals surface area contributed by atoms with Crippen LogP contribution in [-0.4, -0.2) is 78.5 Å². The summed E-state index contributed by atoms with van der Waals surface area (Å²) in [4.78, 5) is 11.4.